The minimum atomic E-state index is -1.26. The molecule has 0 unspecified atom stereocenters. The van der Waals surface area contributed by atoms with Gasteiger partial charge >= 0.3 is 12.1 Å². The quantitative estimate of drug-likeness (QED) is 0.689. The van der Waals surface area contributed by atoms with Crippen LogP contribution in [0.2, 0.25) is 5.28 Å². The Bertz CT molecular complexity index is 785. The maximum atomic E-state index is 11.8. The van der Waals surface area contributed by atoms with E-state index in [1.807, 2.05) is 0 Å². The number of imidazole rings is 1. The number of hydrogen-bond donors (Lipinski definition) is 3. The van der Waals surface area contributed by atoms with Crippen LogP contribution in [0, 0.1) is 0 Å². The van der Waals surface area contributed by atoms with Crippen molar-refractivity contribution in [1.82, 2.24) is 24.8 Å². The maximum absolute atomic E-state index is 11.8. The van der Waals surface area contributed by atoms with Crippen LogP contribution < -0.4 is 11.1 Å². The zero-order chi connectivity index (χ0) is 18.1. The van der Waals surface area contributed by atoms with Crippen molar-refractivity contribution in [3.05, 3.63) is 11.6 Å². The monoisotopic (exact) mass is 356 g/mol. The zero-order valence-electron chi connectivity index (χ0n) is 13.3. The van der Waals surface area contributed by atoms with E-state index in [1.165, 1.54) is 10.9 Å². The van der Waals surface area contributed by atoms with Crippen LogP contribution in [0.25, 0.3) is 11.2 Å². The fourth-order valence-electron chi connectivity index (χ4n) is 1.90. The van der Waals surface area contributed by atoms with Crippen LogP contribution in [0.1, 0.15) is 20.8 Å². The second-order valence-corrected chi connectivity index (χ2v) is 6.32. The summed E-state index contributed by atoms with van der Waals surface area (Å²) in [5.74, 6) is -1.16. The molecule has 0 aliphatic rings. The van der Waals surface area contributed by atoms with Gasteiger partial charge in [0.25, 0.3) is 0 Å². The molecule has 0 fully saturated rings. The first kappa shape index (κ1) is 17.7. The highest BCUT2D eigenvalue weighted by atomic mass is 35.5. The number of fused-ring (bicyclic) bond motifs is 1. The van der Waals surface area contributed by atoms with Gasteiger partial charge in [0.05, 0.1) is 12.9 Å². The lowest BCUT2D eigenvalue weighted by molar-refractivity contribution is -0.139. The van der Waals surface area contributed by atoms with Gasteiger partial charge in [-0.15, -0.1) is 0 Å². The topological polar surface area (TPSA) is 145 Å². The van der Waals surface area contributed by atoms with Gasteiger partial charge in [0.15, 0.2) is 11.5 Å². The van der Waals surface area contributed by atoms with Crippen LogP contribution in [0.3, 0.4) is 0 Å². The van der Waals surface area contributed by atoms with Gasteiger partial charge in [0.1, 0.15) is 17.2 Å². The summed E-state index contributed by atoms with van der Waals surface area (Å²) in [5.41, 5.74) is 5.51. The van der Waals surface area contributed by atoms with Crippen molar-refractivity contribution in [3.63, 3.8) is 0 Å². The van der Waals surface area contributed by atoms with Crippen molar-refractivity contribution in [2.24, 2.45) is 0 Å². The first-order chi connectivity index (χ1) is 11.1. The van der Waals surface area contributed by atoms with Crippen LogP contribution in [0.4, 0.5) is 10.6 Å². The van der Waals surface area contributed by atoms with E-state index in [0.29, 0.717) is 5.52 Å². The number of nitrogens with zero attached hydrogens (tertiary/aromatic N) is 4. The molecule has 2 aromatic heterocycles. The third-order valence-electron chi connectivity index (χ3n) is 2.83. The molecule has 1 atom stereocenters. The van der Waals surface area contributed by atoms with Crippen molar-refractivity contribution >= 4 is 40.6 Å². The largest absolute Gasteiger partial charge is 0.480 e. The Morgan fingerprint density at radius 2 is 2.12 bits per heavy atom. The van der Waals surface area contributed by atoms with Gasteiger partial charge in [-0.2, -0.15) is 9.97 Å². The Labute approximate surface area is 142 Å². The highest BCUT2D eigenvalue weighted by Gasteiger charge is 2.25. The van der Waals surface area contributed by atoms with Crippen molar-refractivity contribution in [3.8, 4) is 0 Å². The molecular formula is C13H17ClN6O4. The highest BCUT2D eigenvalue weighted by molar-refractivity contribution is 6.28. The number of carbonyl (C=O) groups excluding carboxylic acids is 1. The number of alkyl carbamates (subject to hydrolysis) is 1. The molecule has 24 heavy (non-hydrogen) atoms. The summed E-state index contributed by atoms with van der Waals surface area (Å²) in [6, 6.07) is -1.26. The smallest absolute Gasteiger partial charge is 0.408 e. The molecule has 0 radical (unpaired) electrons. The normalized spacial score (nSPS) is 12.8. The number of aromatic nitrogens is 4. The zero-order valence-corrected chi connectivity index (χ0v) is 14.0. The van der Waals surface area contributed by atoms with E-state index in [1.54, 1.807) is 20.8 Å². The number of ether oxygens (including phenoxy) is 1. The summed E-state index contributed by atoms with van der Waals surface area (Å²) >= 11 is 5.76. The summed E-state index contributed by atoms with van der Waals surface area (Å²) in [6.07, 6.45) is 0.505. The van der Waals surface area contributed by atoms with E-state index in [-0.39, 0.29) is 23.3 Å². The molecule has 0 spiro atoms. The minimum Gasteiger partial charge on any atom is -0.480 e. The van der Waals surface area contributed by atoms with Crippen LogP contribution in [0.15, 0.2) is 6.33 Å². The predicted octanol–water partition coefficient (Wildman–Crippen LogP) is 1.04. The summed E-state index contributed by atoms with van der Waals surface area (Å²) in [7, 11) is 0. The van der Waals surface area contributed by atoms with E-state index in [4.69, 9.17) is 22.1 Å². The molecule has 1 amide bonds. The maximum Gasteiger partial charge on any atom is 0.408 e. The van der Waals surface area contributed by atoms with Crippen LogP contribution in [0.5, 0.6) is 0 Å². The molecule has 0 aromatic carbocycles. The minimum absolute atomic E-state index is 0.0794. The van der Waals surface area contributed by atoms with E-state index >= 15 is 0 Å². The SMILES string of the molecule is CC(C)(C)OC(=O)N[C@@H](Cn1cnc2c(N)nc(Cl)nc21)C(=O)O. The number of nitrogens with one attached hydrogen (secondary N) is 1. The number of rotatable bonds is 4. The molecule has 11 heteroatoms. The van der Waals surface area contributed by atoms with E-state index in [2.05, 4.69) is 20.3 Å². The number of nitrogen functional groups attached to an aromatic ring is 1. The van der Waals surface area contributed by atoms with Crippen LogP contribution in [-0.4, -0.2) is 48.3 Å². The number of amides is 1. The van der Waals surface area contributed by atoms with Crippen LogP contribution >= 0.6 is 11.6 Å². The lowest BCUT2D eigenvalue weighted by atomic mass is 10.2. The Hall–Kier alpha value is -2.62. The molecule has 0 saturated carbocycles. The summed E-state index contributed by atoms with van der Waals surface area (Å²) in [6.45, 7) is 4.88. The lowest BCUT2D eigenvalue weighted by Crippen LogP contribution is -2.45. The summed E-state index contributed by atoms with van der Waals surface area (Å²) in [4.78, 5) is 35.0. The number of carbonyl (C=O) groups is 2. The molecule has 0 aliphatic heterocycles. The molecule has 0 aliphatic carbocycles. The average molecular weight is 357 g/mol. The average Bonchev–Trinajstić information content (AvgIpc) is 2.79. The number of carboxylic acids is 1. The number of aliphatic carboxylic acids is 1. The standard InChI is InChI=1S/C13H17ClN6O4/c1-13(2,3)24-12(23)17-6(10(21)22)4-20-5-16-7-8(15)18-11(14)19-9(7)20/h5-6H,4H2,1-3H3,(H,17,23)(H,21,22)(H2,15,18,19)/t6-/m0/s1. The van der Waals surface area contributed by atoms with Gasteiger partial charge < -0.3 is 25.5 Å². The molecule has 130 valence electrons. The molecule has 2 heterocycles. The second-order valence-electron chi connectivity index (χ2n) is 5.98. The summed E-state index contributed by atoms with van der Waals surface area (Å²) < 4.78 is 6.47. The fraction of sp³-hybridized carbons (Fsp3) is 0.462. The first-order valence-corrected chi connectivity index (χ1v) is 7.31. The van der Waals surface area contributed by atoms with Gasteiger partial charge in [0, 0.05) is 0 Å². The molecule has 2 aromatic rings. The van der Waals surface area contributed by atoms with Crippen molar-refractivity contribution in [2.75, 3.05) is 5.73 Å². The van der Waals surface area contributed by atoms with Gasteiger partial charge in [-0.3, -0.25) is 0 Å². The van der Waals surface area contributed by atoms with E-state index < -0.39 is 23.7 Å². The lowest BCUT2D eigenvalue weighted by Gasteiger charge is -2.22. The molecular weight excluding hydrogens is 340 g/mol. The Morgan fingerprint density at radius 3 is 2.71 bits per heavy atom. The van der Waals surface area contributed by atoms with Crippen molar-refractivity contribution < 1.29 is 19.4 Å². The first-order valence-electron chi connectivity index (χ1n) is 6.93. The van der Waals surface area contributed by atoms with Gasteiger partial charge in [-0.1, -0.05) is 0 Å². The second kappa shape index (κ2) is 6.48. The van der Waals surface area contributed by atoms with Crippen molar-refractivity contribution in [2.45, 2.75) is 39.0 Å². The third kappa shape index (κ3) is 4.22. The predicted molar refractivity (Wildman–Crippen MR) is 85.5 cm³/mol. The Morgan fingerprint density at radius 1 is 1.46 bits per heavy atom. The Balaban J connectivity index is 2.23. The highest BCUT2D eigenvalue weighted by Crippen LogP contribution is 2.18. The van der Waals surface area contributed by atoms with E-state index in [0.717, 1.165) is 0 Å². The number of carboxylic acid groups (broad SMARTS) is 1. The summed E-state index contributed by atoms with van der Waals surface area (Å²) in [5, 5.41) is 11.5. The van der Waals surface area contributed by atoms with Gasteiger partial charge in [0.2, 0.25) is 5.28 Å². The number of hydrogen-bond acceptors (Lipinski definition) is 7. The third-order valence-corrected chi connectivity index (χ3v) is 3.00. The number of halogens is 1. The molecule has 4 N–H and O–H groups in total. The molecule has 10 nitrogen and oxygen atoms in total. The fourth-order valence-corrected chi connectivity index (χ4v) is 2.08. The van der Waals surface area contributed by atoms with E-state index in [9.17, 15) is 14.7 Å². The van der Waals surface area contributed by atoms with Crippen LogP contribution in [-0.2, 0) is 16.1 Å². The van der Waals surface area contributed by atoms with Crippen molar-refractivity contribution in [1.29, 1.82) is 0 Å². The van der Waals surface area contributed by atoms with Gasteiger partial charge in [-0.25, -0.2) is 14.6 Å². The number of nitrogens with two attached hydrogens (primary N) is 1. The Kier molecular flexibility index (Phi) is 4.78. The molecule has 0 saturated heterocycles. The molecule has 2 rings (SSSR count). The number of anilines is 1. The van der Waals surface area contributed by atoms with Gasteiger partial charge in [-0.05, 0) is 32.4 Å². The molecule has 0 bridgehead atoms.